The van der Waals surface area contributed by atoms with Crippen LogP contribution in [0.2, 0.25) is 0 Å². The fourth-order valence-electron chi connectivity index (χ4n) is 3.17. The van der Waals surface area contributed by atoms with Gasteiger partial charge in [0, 0.05) is 13.1 Å². The first-order valence-corrected chi connectivity index (χ1v) is 7.96. The molecule has 0 bridgehead atoms. The second-order valence-corrected chi connectivity index (χ2v) is 7.12. The normalized spacial score (nSPS) is 20.4. The molecule has 2 aromatic rings. The lowest BCUT2D eigenvalue weighted by atomic mass is 9.98. The number of hydrogen-bond donors (Lipinski definition) is 0. The van der Waals surface area contributed by atoms with Crippen molar-refractivity contribution in [3.05, 3.63) is 24.8 Å². The summed E-state index contributed by atoms with van der Waals surface area (Å²) in [5.41, 5.74) is -0.0260. The Labute approximate surface area is 131 Å². The Balaban J connectivity index is 1.62. The van der Waals surface area contributed by atoms with Gasteiger partial charge in [-0.1, -0.05) is 0 Å². The number of piperidine rings is 1. The molecule has 1 aliphatic rings. The molecule has 22 heavy (non-hydrogen) atoms. The second-order valence-electron chi connectivity index (χ2n) is 7.12. The third-order valence-electron chi connectivity index (χ3n) is 4.13. The van der Waals surface area contributed by atoms with Crippen molar-refractivity contribution in [2.45, 2.75) is 52.2 Å². The third kappa shape index (κ3) is 3.52. The molecule has 0 spiro atoms. The van der Waals surface area contributed by atoms with E-state index in [0.717, 1.165) is 32.0 Å². The smallest absolute Gasteiger partial charge is 0.141 e. The van der Waals surface area contributed by atoms with Crippen LogP contribution in [-0.2, 0) is 18.6 Å². The molecule has 0 aliphatic carbocycles. The molecule has 1 unspecified atom stereocenters. The maximum atomic E-state index is 4.46. The summed E-state index contributed by atoms with van der Waals surface area (Å²) in [4.78, 5) is 11.0. The van der Waals surface area contributed by atoms with E-state index >= 15 is 0 Å². The molecule has 3 heterocycles. The highest BCUT2D eigenvalue weighted by atomic mass is 15.4. The summed E-state index contributed by atoms with van der Waals surface area (Å²) in [6.07, 6.45) is 7.55. The minimum atomic E-state index is -0.0260. The van der Waals surface area contributed by atoms with Gasteiger partial charge in [-0.2, -0.15) is 10.2 Å². The van der Waals surface area contributed by atoms with Crippen molar-refractivity contribution < 1.29 is 0 Å². The Bertz CT molecular complexity index is 581. The zero-order chi connectivity index (χ0) is 15.6. The van der Waals surface area contributed by atoms with Crippen LogP contribution in [0, 0.1) is 5.92 Å². The second kappa shape index (κ2) is 6.16. The quantitative estimate of drug-likeness (QED) is 0.857. The van der Waals surface area contributed by atoms with E-state index in [9.17, 15) is 0 Å². The summed E-state index contributed by atoms with van der Waals surface area (Å²) < 4.78 is 3.97. The van der Waals surface area contributed by atoms with Gasteiger partial charge in [-0.05, 0) is 46.1 Å². The van der Waals surface area contributed by atoms with Gasteiger partial charge in [-0.25, -0.2) is 14.6 Å². The third-order valence-corrected chi connectivity index (χ3v) is 4.13. The van der Waals surface area contributed by atoms with E-state index in [1.54, 1.807) is 19.0 Å². The average molecular weight is 303 g/mol. The van der Waals surface area contributed by atoms with Gasteiger partial charge >= 0.3 is 0 Å². The zero-order valence-corrected chi connectivity index (χ0v) is 13.7. The van der Waals surface area contributed by atoms with Crippen LogP contribution in [0.25, 0.3) is 0 Å². The summed E-state index contributed by atoms with van der Waals surface area (Å²) in [6, 6.07) is 0. The van der Waals surface area contributed by atoms with E-state index in [4.69, 9.17) is 0 Å². The van der Waals surface area contributed by atoms with Gasteiger partial charge < -0.3 is 0 Å². The maximum absolute atomic E-state index is 4.46. The Morgan fingerprint density at radius 1 is 1.23 bits per heavy atom. The Hall–Kier alpha value is -1.76. The highest BCUT2D eigenvalue weighted by molar-refractivity contribution is 4.91. The average Bonchev–Trinajstić information content (AvgIpc) is 3.10. The van der Waals surface area contributed by atoms with Gasteiger partial charge in [-0.3, -0.25) is 9.58 Å². The highest BCUT2D eigenvalue weighted by Crippen LogP contribution is 2.21. The van der Waals surface area contributed by atoms with Crippen LogP contribution in [-0.4, -0.2) is 47.5 Å². The summed E-state index contributed by atoms with van der Waals surface area (Å²) in [6.45, 7) is 10.5. The van der Waals surface area contributed by atoms with Crippen molar-refractivity contribution in [2.24, 2.45) is 5.92 Å². The highest BCUT2D eigenvalue weighted by Gasteiger charge is 2.24. The molecule has 7 nitrogen and oxygen atoms in total. The molecule has 2 aromatic heterocycles. The van der Waals surface area contributed by atoms with Crippen LogP contribution in [0.3, 0.4) is 0 Å². The molecule has 0 radical (unpaired) electrons. The van der Waals surface area contributed by atoms with E-state index in [-0.39, 0.29) is 5.54 Å². The fraction of sp³-hybridized carbons (Fsp3) is 0.733. The van der Waals surface area contributed by atoms with Crippen LogP contribution in [0.4, 0.5) is 0 Å². The summed E-state index contributed by atoms with van der Waals surface area (Å²) in [5, 5.41) is 8.61. The Morgan fingerprint density at radius 2 is 2.09 bits per heavy atom. The molecule has 1 atom stereocenters. The number of rotatable bonds is 4. The minimum absolute atomic E-state index is 0.0260. The van der Waals surface area contributed by atoms with Crippen molar-refractivity contribution in [2.75, 3.05) is 13.1 Å². The molecular formula is C15H25N7. The van der Waals surface area contributed by atoms with Gasteiger partial charge in [-0.15, -0.1) is 0 Å². The molecular weight excluding hydrogens is 278 g/mol. The predicted octanol–water partition coefficient (Wildman–Crippen LogP) is 1.54. The molecule has 120 valence electrons. The molecule has 7 heteroatoms. The molecule has 0 amide bonds. The van der Waals surface area contributed by atoms with Gasteiger partial charge in [0.2, 0.25) is 0 Å². The summed E-state index contributed by atoms with van der Waals surface area (Å²) >= 11 is 0. The summed E-state index contributed by atoms with van der Waals surface area (Å²) in [7, 11) is 0. The molecule has 1 aliphatic heterocycles. The van der Waals surface area contributed by atoms with Gasteiger partial charge in [0.15, 0.2) is 0 Å². The molecule has 3 rings (SSSR count). The van der Waals surface area contributed by atoms with Crippen molar-refractivity contribution in [3.8, 4) is 0 Å². The van der Waals surface area contributed by atoms with Crippen LogP contribution >= 0.6 is 0 Å². The first kappa shape index (κ1) is 15.1. The fourth-order valence-corrected chi connectivity index (χ4v) is 3.17. The SMILES string of the molecule is CC(C)(C)n1ncnc1CN1CCCC(Cn2cncn2)C1. The molecule has 1 fully saturated rings. The lowest BCUT2D eigenvalue weighted by Crippen LogP contribution is -2.38. The van der Waals surface area contributed by atoms with Gasteiger partial charge in [0.1, 0.15) is 24.8 Å². The Kier molecular flexibility index (Phi) is 4.24. The van der Waals surface area contributed by atoms with Crippen molar-refractivity contribution in [1.82, 2.24) is 34.4 Å². The van der Waals surface area contributed by atoms with Crippen molar-refractivity contribution >= 4 is 0 Å². The monoisotopic (exact) mass is 303 g/mol. The largest absolute Gasteiger partial charge is 0.296 e. The topological polar surface area (TPSA) is 64.7 Å². The predicted molar refractivity (Wildman–Crippen MR) is 83.0 cm³/mol. The number of likely N-dealkylation sites (tertiary alicyclic amines) is 1. The van der Waals surface area contributed by atoms with Crippen LogP contribution in [0.15, 0.2) is 19.0 Å². The lowest BCUT2D eigenvalue weighted by Gasteiger charge is -2.33. The van der Waals surface area contributed by atoms with E-state index in [0.29, 0.717) is 5.92 Å². The van der Waals surface area contributed by atoms with E-state index in [1.807, 2.05) is 9.36 Å². The molecule has 0 N–H and O–H groups in total. The zero-order valence-electron chi connectivity index (χ0n) is 13.7. The van der Waals surface area contributed by atoms with Crippen LogP contribution in [0.1, 0.15) is 39.4 Å². The molecule has 0 saturated carbocycles. The van der Waals surface area contributed by atoms with Gasteiger partial charge in [0.05, 0.1) is 12.1 Å². The molecule has 1 saturated heterocycles. The van der Waals surface area contributed by atoms with E-state index in [2.05, 4.69) is 45.8 Å². The number of aromatic nitrogens is 6. The van der Waals surface area contributed by atoms with E-state index in [1.165, 1.54) is 12.8 Å². The van der Waals surface area contributed by atoms with Crippen molar-refractivity contribution in [3.63, 3.8) is 0 Å². The summed E-state index contributed by atoms with van der Waals surface area (Å²) in [5.74, 6) is 1.68. The standard InChI is InChI=1S/C15H25N7/c1-15(2,3)22-14(17-11-19-22)9-20-6-4-5-13(7-20)8-21-12-16-10-18-21/h10-13H,4-9H2,1-3H3. The maximum Gasteiger partial charge on any atom is 0.141 e. The minimum Gasteiger partial charge on any atom is -0.296 e. The van der Waals surface area contributed by atoms with Crippen LogP contribution < -0.4 is 0 Å². The van der Waals surface area contributed by atoms with Crippen molar-refractivity contribution in [1.29, 1.82) is 0 Å². The van der Waals surface area contributed by atoms with E-state index < -0.39 is 0 Å². The Morgan fingerprint density at radius 3 is 2.82 bits per heavy atom. The van der Waals surface area contributed by atoms with Crippen LogP contribution in [0.5, 0.6) is 0 Å². The molecule has 0 aromatic carbocycles. The first-order valence-electron chi connectivity index (χ1n) is 7.96. The lowest BCUT2D eigenvalue weighted by molar-refractivity contribution is 0.145. The van der Waals surface area contributed by atoms with Gasteiger partial charge in [0.25, 0.3) is 0 Å². The first-order chi connectivity index (χ1) is 10.5. The number of hydrogen-bond acceptors (Lipinski definition) is 5. The number of nitrogens with zero attached hydrogens (tertiary/aromatic N) is 7.